The second kappa shape index (κ2) is 8.06. The summed E-state index contributed by atoms with van der Waals surface area (Å²) in [6, 6.07) is 11.7. The number of imide groups is 1. The molecule has 4 rings (SSSR count). The van der Waals surface area contributed by atoms with Gasteiger partial charge in [0.05, 0.1) is 11.1 Å². The third kappa shape index (κ3) is 3.80. The van der Waals surface area contributed by atoms with Crippen LogP contribution in [0.2, 0.25) is 0 Å². The van der Waals surface area contributed by atoms with Crippen molar-refractivity contribution in [2.24, 2.45) is 0 Å². The van der Waals surface area contributed by atoms with E-state index < -0.39 is 23.5 Å². The molecule has 30 heavy (non-hydrogen) atoms. The lowest BCUT2D eigenvalue weighted by Crippen LogP contribution is -2.49. The molecule has 0 radical (unpaired) electrons. The van der Waals surface area contributed by atoms with Gasteiger partial charge in [0, 0.05) is 24.7 Å². The molecule has 8 heteroatoms. The minimum absolute atomic E-state index is 0.148. The quantitative estimate of drug-likeness (QED) is 0.781. The number of nitrogens with zero attached hydrogens (tertiary/aromatic N) is 2. The molecule has 1 saturated heterocycles. The van der Waals surface area contributed by atoms with Crippen molar-refractivity contribution in [3.05, 3.63) is 71.0 Å². The molecule has 0 saturated carbocycles. The third-order valence-electron chi connectivity index (χ3n) is 5.42. The molecule has 0 aliphatic carbocycles. The van der Waals surface area contributed by atoms with E-state index in [-0.39, 0.29) is 18.5 Å². The molecule has 2 heterocycles. The van der Waals surface area contributed by atoms with E-state index in [0.717, 1.165) is 4.90 Å². The fourth-order valence-corrected chi connectivity index (χ4v) is 3.80. The lowest BCUT2D eigenvalue weighted by Gasteiger charge is -2.32. The summed E-state index contributed by atoms with van der Waals surface area (Å²) in [7, 11) is 0. The molecule has 154 valence electrons. The van der Waals surface area contributed by atoms with Crippen molar-refractivity contribution < 1.29 is 23.6 Å². The first-order valence-corrected chi connectivity index (χ1v) is 9.73. The van der Waals surface area contributed by atoms with E-state index in [1.54, 1.807) is 29.2 Å². The number of fused-ring (bicyclic) bond motifs is 1. The van der Waals surface area contributed by atoms with Gasteiger partial charge in [0.25, 0.3) is 17.7 Å². The molecule has 0 unspecified atom stereocenters. The third-order valence-corrected chi connectivity index (χ3v) is 5.42. The molecule has 4 amide bonds. The Labute approximate surface area is 172 Å². The summed E-state index contributed by atoms with van der Waals surface area (Å²) in [5, 5.41) is 2.85. The van der Waals surface area contributed by atoms with Gasteiger partial charge in [-0.3, -0.25) is 24.1 Å². The van der Waals surface area contributed by atoms with Gasteiger partial charge in [-0.25, -0.2) is 4.39 Å². The molecule has 1 N–H and O–H groups in total. The van der Waals surface area contributed by atoms with Crippen LogP contribution in [0.5, 0.6) is 0 Å². The zero-order valence-corrected chi connectivity index (χ0v) is 16.1. The summed E-state index contributed by atoms with van der Waals surface area (Å²) in [6.07, 6.45) is 1.11. The van der Waals surface area contributed by atoms with Crippen molar-refractivity contribution in [3.63, 3.8) is 0 Å². The predicted molar refractivity (Wildman–Crippen MR) is 105 cm³/mol. The number of nitrogens with one attached hydrogen (secondary N) is 1. The van der Waals surface area contributed by atoms with Crippen LogP contribution in [0.15, 0.2) is 48.5 Å². The van der Waals surface area contributed by atoms with Crippen LogP contribution in [0.4, 0.5) is 4.39 Å². The van der Waals surface area contributed by atoms with Gasteiger partial charge in [-0.05, 0) is 49.2 Å². The highest BCUT2D eigenvalue weighted by atomic mass is 19.1. The number of rotatable bonds is 4. The van der Waals surface area contributed by atoms with Crippen molar-refractivity contribution in [2.75, 3.05) is 19.6 Å². The zero-order chi connectivity index (χ0) is 21.3. The number of amides is 4. The molecular formula is C22H20FN3O4. The van der Waals surface area contributed by atoms with Crippen molar-refractivity contribution in [1.29, 1.82) is 0 Å². The van der Waals surface area contributed by atoms with Crippen molar-refractivity contribution in [2.45, 2.75) is 18.9 Å². The number of carbonyl (C=O) groups excluding carboxylic acids is 4. The van der Waals surface area contributed by atoms with Crippen molar-refractivity contribution >= 4 is 23.6 Å². The molecule has 0 aromatic heterocycles. The van der Waals surface area contributed by atoms with Gasteiger partial charge >= 0.3 is 0 Å². The maximum atomic E-state index is 13.0. The number of likely N-dealkylation sites (tertiary alicyclic amines) is 1. The van der Waals surface area contributed by atoms with E-state index in [1.807, 2.05) is 0 Å². The molecule has 2 aromatic rings. The second-order valence-corrected chi connectivity index (χ2v) is 7.38. The van der Waals surface area contributed by atoms with Crippen LogP contribution in [0.1, 0.15) is 43.9 Å². The molecule has 0 bridgehead atoms. The van der Waals surface area contributed by atoms with Gasteiger partial charge in [-0.15, -0.1) is 0 Å². The number of hydrogen-bond donors (Lipinski definition) is 1. The predicted octanol–water partition coefficient (Wildman–Crippen LogP) is 1.84. The Morgan fingerprint density at radius 2 is 1.50 bits per heavy atom. The van der Waals surface area contributed by atoms with Crippen LogP contribution in [0.3, 0.4) is 0 Å². The molecular weight excluding hydrogens is 389 g/mol. The summed E-state index contributed by atoms with van der Waals surface area (Å²) in [6.45, 7) is 0.573. The fourth-order valence-electron chi connectivity index (χ4n) is 3.80. The van der Waals surface area contributed by atoms with E-state index >= 15 is 0 Å². The smallest absolute Gasteiger partial charge is 0.262 e. The summed E-state index contributed by atoms with van der Waals surface area (Å²) in [4.78, 5) is 52.2. The number of hydrogen-bond acceptors (Lipinski definition) is 4. The molecule has 2 aliphatic rings. The number of halogens is 1. The zero-order valence-electron chi connectivity index (χ0n) is 16.1. The molecule has 0 spiro atoms. The number of piperidine rings is 1. The van der Waals surface area contributed by atoms with Crippen LogP contribution < -0.4 is 5.32 Å². The minimum Gasteiger partial charge on any atom is -0.352 e. The van der Waals surface area contributed by atoms with E-state index in [4.69, 9.17) is 0 Å². The SMILES string of the molecule is O=C(CN1C(=O)c2ccccc2C1=O)NC1CCN(C(=O)c2ccc(F)cc2)CC1. The highest BCUT2D eigenvalue weighted by molar-refractivity contribution is 6.22. The van der Waals surface area contributed by atoms with Gasteiger partial charge in [0.2, 0.25) is 5.91 Å². The maximum Gasteiger partial charge on any atom is 0.262 e. The molecule has 2 aromatic carbocycles. The summed E-state index contributed by atoms with van der Waals surface area (Å²) >= 11 is 0. The van der Waals surface area contributed by atoms with E-state index in [0.29, 0.717) is 42.6 Å². The summed E-state index contributed by atoms with van der Waals surface area (Å²) < 4.78 is 13.0. The largest absolute Gasteiger partial charge is 0.352 e. The Morgan fingerprint density at radius 1 is 0.933 bits per heavy atom. The first-order valence-electron chi connectivity index (χ1n) is 9.73. The summed E-state index contributed by atoms with van der Waals surface area (Å²) in [5.41, 5.74) is 1.04. The Bertz CT molecular complexity index is 978. The van der Waals surface area contributed by atoms with Crippen LogP contribution in [0, 0.1) is 5.82 Å². The normalized spacial score (nSPS) is 16.6. The van der Waals surface area contributed by atoms with Gasteiger partial charge in [-0.1, -0.05) is 12.1 Å². The van der Waals surface area contributed by atoms with E-state index in [2.05, 4.69) is 5.32 Å². The van der Waals surface area contributed by atoms with E-state index in [1.165, 1.54) is 24.3 Å². The summed E-state index contributed by atoms with van der Waals surface area (Å²) in [5.74, 6) is -1.92. The number of carbonyl (C=O) groups is 4. The van der Waals surface area contributed by atoms with Crippen LogP contribution in [-0.4, -0.2) is 59.1 Å². The van der Waals surface area contributed by atoms with Crippen LogP contribution in [0.25, 0.3) is 0 Å². The lowest BCUT2D eigenvalue weighted by atomic mass is 10.0. The molecule has 1 fully saturated rings. The van der Waals surface area contributed by atoms with Gasteiger partial charge < -0.3 is 10.2 Å². The van der Waals surface area contributed by atoms with Crippen LogP contribution in [-0.2, 0) is 4.79 Å². The van der Waals surface area contributed by atoms with Gasteiger partial charge in [0.15, 0.2) is 0 Å². The van der Waals surface area contributed by atoms with Gasteiger partial charge in [0.1, 0.15) is 12.4 Å². The Hall–Kier alpha value is -3.55. The average Bonchev–Trinajstić information content (AvgIpc) is 2.99. The first kappa shape index (κ1) is 19.8. The Kier molecular flexibility index (Phi) is 5.31. The fraction of sp³-hybridized carbons (Fsp3) is 0.273. The highest BCUT2D eigenvalue weighted by Crippen LogP contribution is 2.22. The van der Waals surface area contributed by atoms with Crippen LogP contribution >= 0.6 is 0 Å². The molecule has 7 nitrogen and oxygen atoms in total. The molecule has 0 atom stereocenters. The minimum atomic E-state index is -0.467. The Morgan fingerprint density at radius 3 is 2.07 bits per heavy atom. The second-order valence-electron chi connectivity index (χ2n) is 7.38. The maximum absolute atomic E-state index is 13.0. The number of benzene rings is 2. The first-order chi connectivity index (χ1) is 14.4. The highest BCUT2D eigenvalue weighted by Gasteiger charge is 2.36. The lowest BCUT2D eigenvalue weighted by molar-refractivity contribution is -0.122. The van der Waals surface area contributed by atoms with Gasteiger partial charge in [-0.2, -0.15) is 0 Å². The van der Waals surface area contributed by atoms with E-state index in [9.17, 15) is 23.6 Å². The molecule has 2 aliphatic heterocycles. The average molecular weight is 409 g/mol. The van der Waals surface area contributed by atoms with Crippen molar-refractivity contribution in [3.8, 4) is 0 Å². The topological polar surface area (TPSA) is 86.8 Å². The monoisotopic (exact) mass is 409 g/mol. The Balaban J connectivity index is 1.29. The van der Waals surface area contributed by atoms with Crippen molar-refractivity contribution in [1.82, 2.24) is 15.1 Å². The standard InChI is InChI=1S/C22H20FN3O4/c23-15-7-5-14(6-8-15)20(28)25-11-9-16(10-12-25)24-19(27)13-26-21(29)17-3-1-2-4-18(17)22(26)30/h1-8,16H,9-13H2,(H,24,27).